The Morgan fingerprint density at radius 1 is 1.47 bits per heavy atom. The molecule has 1 rings (SSSR count). The van der Waals surface area contributed by atoms with Crippen LogP contribution in [0.1, 0.15) is 26.7 Å². The molecule has 1 fully saturated rings. The average molecular weight is 232 g/mol. The van der Waals surface area contributed by atoms with Crippen LogP contribution in [0.15, 0.2) is 0 Å². The Labute approximate surface area is 96.1 Å². The van der Waals surface area contributed by atoms with Gasteiger partial charge in [-0.2, -0.15) is 0 Å². The Balaban J connectivity index is 2.23. The van der Waals surface area contributed by atoms with Crippen LogP contribution in [0.5, 0.6) is 0 Å². The van der Waals surface area contributed by atoms with Crippen LogP contribution >= 0.6 is 0 Å². The topological polar surface area (TPSA) is 32.3 Å². The van der Waals surface area contributed by atoms with Crippen LogP contribution in [0.4, 0.5) is 0 Å². The van der Waals surface area contributed by atoms with E-state index in [9.17, 15) is 4.21 Å². The maximum atomic E-state index is 11.3. The Kier molecular flexibility index (Phi) is 6.45. The molecule has 2 atom stereocenters. The standard InChI is InChI=1S/C11H24N2OS/c1-3-15(14)10-9-13-7-4-6-12-11(2)5-8-13/h11-12H,3-10H2,1-2H3. The summed E-state index contributed by atoms with van der Waals surface area (Å²) in [6, 6.07) is 0.629. The fourth-order valence-corrected chi connectivity index (χ4v) is 2.59. The first kappa shape index (κ1) is 13.1. The van der Waals surface area contributed by atoms with Gasteiger partial charge in [-0.1, -0.05) is 6.92 Å². The highest BCUT2D eigenvalue weighted by Crippen LogP contribution is 2.02. The Morgan fingerprint density at radius 2 is 2.27 bits per heavy atom. The predicted octanol–water partition coefficient (Wildman–Crippen LogP) is 0.829. The summed E-state index contributed by atoms with van der Waals surface area (Å²) in [5.74, 6) is 1.64. The molecule has 1 aliphatic rings. The van der Waals surface area contributed by atoms with Crippen molar-refractivity contribution < 1.29 is 4.21 Å². The monoisotopic (exact) mass is 232 g/mol. The van der Waals surface area contributed by atoms with Gasteiger partial charge in [0.2, 0.25) is 0 Å². The molecule has 1 saturated heterocycles. The normalized spacial score (nSPS) is 26.9. The highest BCUT2D eigenvalue weighted by atomic mass is 32.2. The SMILES string of the molecule is CCS(=O)CCN1CCCNC(C)CC1. The summed E-state index contributed by atoms with van der Waals surface area (Å²) in [4.78, 5) is 2.46. The van der Waals surface area contributed by atoms with Crippen molar-refractivity contribution in [2.45, 2.75) is 32.7 Å². The molecule has 1 N–H and O–H groups in total. The molecule has 0 amide bonds. The van der Waals surface area contributed by atoms with E-state index in [1.807, 2.05) is 6.92 Å². The molecule has 1 aliphatic heterocycles. The molecule has 0 spiro atoms. The van der Waals surface area contributed by atoms with Crippen molar-refractivity contribution in [2.75, 3.05) is 37.7 Å². The molecule has 4 heteroatoms. The summed E-state index contributed by atoms with van der Waals surface area (Å²) in [6.07, 6.45) is 2.42. The number of nitrogens with zero attached hydrogens (tertiary/aromatic N) is 1. The van der Waals surface area contributed by atoms with Crippen LogP contribution in [0.2, 0.25) is 0 Å². The molecular weight excluding hydrogens is 208 g/mol. The third kappa shape index (κ3) is 5.64. The molecule has 1 heterocycles. The molecule has 90 valence electrons. The highest BCUT2D eigenvalue weighted by molar-refractivity contribution is 7.84. The quantitative estimate of drug-likeness (QED) is 0.779. The summed E-state index contributed by atoms with van der Waals surface area (Å²) < 4.78 is 11.3. The van der Waals surface area contributed by atoms with E-state index in [1.165, 1.54) is 12.8 Å². The van der Waals surface area contributed by atoms with Gasteiger partial charge in [-0.15, -0.1) is 0 Å². The van der Waals surface area contributed by atoms with Crippen molar-refractivity contribution in [1.29, 1.82) is 0 Å². The van der Waals surface area contributed by atoms with Gasteiger partial charge < -0.3 is 10.2 Å². The number of hydrogen-bond donors (Lipinski definition) is 1. The summed E-state index contributed by atoms with van der Waals surface area (Å²) in [5, 5.41) is 3.49. The van der Waals surface area contributed by atoms with E-state index < -0.39 is 10.8 Å². The largest absolute Gasteiger partial charge is 0.314 e. The fraction of sp³-hybridized carbons (Fsp3) is 1.00. The van der Waals surface area contributed by atoms with Gasteiger partial charge in [-0.3, -0.25) is 4.21 Å². The first-order valence-electron chi connectivity index (χ1n) is 6.03. The van der Waals surface area contributed by atoms with Crippen molar-refractivity contribution in [3.05, 3.63) is 0 Å². The van der Waals surface area contributed by atoms with Gasteiger partial charge in [0, 0.05) is 34.9 Å². The zero-order valence-corrected chi connectivity index (χ0v) is 10.8. The van der Waals surface area contributed by atoms with Crippen molar-refractivity contribution in [2.24, 2.45) is 0 Å². The van der Waals surface area contributed by atoms with Crippen LogP contribution in [-0.4, -0.2) is 52.8 Å². The lowest BCUT2D eigenvalue weighted by atomic mass is 10.2. The Bertz CT molecular complexity index is 199. The zero-order chi connectivity index (χ0) is 11.1. The summed E-state index contributed by atoms with van der Waals surface area (Å²) in [7, 11) is -0.605. The van der Waals surface area contributed by atoms with Gasteiger partial charge in [0.15, 0.2) is 0 Å². The molecule has 0 aromatic rings. The fourth-order valence-electron chi connectivity index (χ4n) is 1.84. The third-order valence-corrected chi connectivity index (χ3v) is 4.26. The van der Waals surface area contributed by atoms with E-state index in [0.717, 1.165) is 37.7 Å². The summed E-state index contributed by atoms with van der Waals surface area (Å²) in [5.41, 5.74) is 0. The van der Waals surface area contributed by atoms with Gasteiger partial charge in [0.25, 0.3) is 0 Å². The molecular formula is C11H24N2OS. The van der Waals surface area contributed by atoms with Gasteiger partial charge >= 0.3 is 0 Å². The second-order valence-corrected chi connectivity index (χ2v) is 6.14. The lowest BCUT2D eigenvalue weighted by molar-refractivity contribution is 0.249. The number of nitrogens with one attached hydrogen (secondary N) is 1. The van der Waals surface area contributed by atoms with Gasteiger partial charge in [-0.25, -0.2) is 0 Å². The van der Waals surface area contributed by atoms with Gasteiger partial charge in [-0.05, 0) is 39.4 Å². The second kappa shape index (κ2) is 7.36. The molecule has 2 unspecified atom stereocenters. The minimum Gasteiger partial charge on any atom is -0.314 e. The third-order valence-electron chi connectivity index (χ3n) is 2.98. The maximum Gasteiger partial charge on any atom is 0.0362 e. The zero-order valence-electron chi connectivity index (χ0n) is 10.00. The number of rotatable bonds is 4. The average Bonchev–Trinajstić information content (AvgIpc) is 2.22. The van der Waals surface area contributed by atoms with Crippen LogP contribution in [0.3, 0.4) is 0 Å². The van der Waals surface area contributed by atoms with E-state index in [2.05, 4.69) is 17.1 Å². The lowest BCUT2D eigenvalue weighted by Crippen LogP contribution is -2.39. The molecule has 0 saturated carbocycles. The van der Waals surface area contributed by atoms with Crippen molar-refractivity contribution in [3.8, 4) is 0 Å². The maximum absolute atomic E-state index is 11.3. The molecule has 15 heavy (non-hydrogen) atoms. The van der Waals surface area contributed by atoms with E-state index in [0.29, 0.717) is 6.04 Å². The summed E-state index contributed by atoms with van der Waals surface area (Å²) >= 11 is 0. The molecule has 0 aromatic heterocycles. The summed E-state index contributed by atoms with van der Waals surface area (Å²) in [6.45, 7) is 8.67. The molecule has 0 radical (unpaired) electrons. The van der Waals surface area contributed by atoms with Crippen LogP contribution in [-0.2, 0) is 10.8 Å². The second-order valence-electron chi connectivity index (χ2n) is 4.27. The number of hydrogen-bond acceptors (Lipinski definition) is 3. The minimum absolute atomic E-state index is 0.605. The van der Waals surface area contributed by atoms with Crippen LogP contribution < -0.4 is 5.32 Å². The Morgan fingerprint density at radius 3 is 3.00 bits per heavy atom. The van der Waals surface area contributed by atoms with E-state index >= 15 is 0 Å². The molecule has 3 nitrogen and oxygen atoms in total. The predicted molar refractivity (Wildman–Crippen MR) is 66.7 cm³/mol. The molecule has 0 aliphatic carbocycles. The molecule has 0 aromatic carbocycles. The van der Waals surface area contributed by atoms with Gasteiger partial charge in [0.1, 0.15) is 0 Å². The van der Waals surface area contributed by atoms with Crippen molar-refractivity contribution >= 4 is 10.8 Å². The van der Waals surface area contributed by atoms with E-state index in [4.69, 9.17) is 0 Å². The van der Waals surface area contributed by atoms with Crippen molar-refractivity contribution in [1.82, 2.24) is 10.2 Å². The first-order valence-corrected chi connectivity index (χ1v) is 7.52. The van der Waals surface area contributed by atoms with Gasteiger partial charge in [0.05, 0.1) is 0 Å². The van der Waals surface area contributed by atoms with Crippen LogP contribution in [0, 0.1) is 0 Å². The van der Waals surface area contributed by atoms with E-state index in [1.54, 1.807) is 0 Å². The van der Waals surface area contributed by atoms with Crippen molar-refractivity contribution in [3.63, 3.8) is 0 Å². The molecule has 0 bridgehead atoms. The van der Waals surface area contributed by atoms with E-state index in [-0.39, 0.29) is 0 Å². The highest BCUT2D eigenvalue weighted by Gasteiger charge is 2.11. The Hall–Kier alpha value is 0.0700. The first-order chi connectivity index (χ1) is 7.22. The van der Waals surface area contributed by atoms with Crippen LogP contribution in [0.25, 0.3) is 0 Å². The lowest BCUT2D eigenvalue weighted by Gasteiger charge is -2.27. The smallest absolute Gasteiger partial charge is 0.0362 e. The minimum atomic E-state index is -0.605.